The number of carbonyl (C=O) groups is 2. The number of nitrogens with one attached hydrogen (secondary N) is 2. The maximum Gasteiger partial charge on any atom is 0.230 e. The molecule has 0 bridgehead atoms. The van der Waals surface area contributed by atoms with Crippen molar-refractivity contribution in [2.24, 2.45) is 10.8 Å². The highest BCUT2D eigenvalue weighted by Crippen LogP contribution is 2.25. The first-order valence-corrected chi connectivity index (χ1v) is 11.9. The Morgan fingerprint density at radius 3 is 1.60 bits per heavy atom. The lowest BCUT2D eigenvalue weighted by atomic mass is 9.93. The van der Waals surface area contributed by atoms with E-state index in [9.17, 15) is 9.59 Å². The van der Waals surface area contributed by atoms with Crippen LogP contribution in [0.15, 0.2) is 60.8 Å². The Labute approximate surface area is 207 Å². The Morgan fingerprint density at radius 1 is 0.714 bits per heavy atom. The first kappa shape index (κ1) is 26.0. The zero-order valence-electron chi connectivity index (χ0n) is 21.4. The predicted molar refractivity (Wildman–Crippen MR) is 139 cm³/mol. The molecule has 35 heavy (non-hydrogen) atoms. The number of aromatic nitrogens is 3. The van der Waals surface area contributed by atoms with Crippen LogP contribution in [0.3, 0.4) is 0 Å². The number of pyridine rings is 3. The van der Waals surface area contributed by atoms with Crippen LogP contribution in [0.1, 0.15) is 64.5 Å². The number of hydrogen-bond donors (Lipinski definition) is 2. The Morgan fingerprint density at radius 2 is 1.20 bits per heavy atom. The fourth-order valence-corrected chi connectivity index (χ4v) is 3.34. The molecule has 0 saturated carbocycles. The van der Waals surface area contributed by atoms with E-state index in [0.717, 1.165) is 17.1 Å². The third-order valence-corrected chi connectivity index (χ3v) is 5.48. The van der Waals surface area contributed by atoms with E-state index in [1.807, 2.05) is 84.0 Å². The van der Waals surface area contributed by atoms with E-state index >= 15 is 0 Å². The van der Waals surface area contributed by atoms with E-state index < -0.39 is 10.8 Å². The van der Waals surface area contributed by atoms with E-state index in [0.29, 0.717) is 24.5 Å². The molecule has 0 aliphatic rings. The maximum atomic E-state index is 12.4. The van der Waals surface area contributed by atoms with E-state index in [-0.39, 0.29) is 17.7 Å². The SMILES string of the molecule is CC(C)(C)C(=O)Nc1cccc(CC(Cc2cccc(NC(=O)C(C)(C)C)n2)c2ccccn2)n1. The molecule has 3 aromatic rings. The smallest absolute Gasteiger partial charge is 0.230 e. The van der Waals surface area contributed by atoms with E-state index in [2.05, 4.69) is 25.6 Å². The largest absolute Gasteiger partial charge is 0.310 e. The number of hydrogen-bond acceptors (Lipinski definition) is 5. The van der Waals surface area contributed by atoms with Crippen LogP contribution >= 0.6 is 0 Å². The first-order valence-electron chi connectivity index (χ1n) is 11.9. The average molecular weight is 474 g/mol. The van der Waals surface area contributed by atoms with Gasteiger partial charge in [0.15, 0.2) is 0 Å². The monoisotopic (exact) mass is 473 g/mol. The highest BCUT2D eigenvalue weighted by molar-refractivity contribution is 5.94. The molecule has 0 aromatic carbocycles. The van der Waals surface area contributed by atoms with Crippen LogP contribution in [0.4, 0.5) is 11.6 Å². The van der Waals surface area contributed by atoms with Gasteiger partial charge in [0.2, 0.25) is 11.8 Å². The van der Waals surface area contributed by atoms with Gasteiger partial charge < -0.3 is 10.6 Å². The van der Waals surface area contributed by atoms with Crippen LogP contribution in [0, 0.1) is 10.8 Å². The van der Waals surface area contributed by atoms with Gasteiger partial charge in [0.05, 0.1) is 0 Å². The lowest BCUT2D eigenvalue weighted by Gasteiger charge is -2.19. The molecule has 3 aromatic heterocycles. The summed E-state index contributed by atoms with van der Waals surface area (Å²) in [5.41, 5.74) is 1.62. The Bertz CT molecular complexity index is 1090. The molecule has 184 valence electrons. The Hall–Kier alpha value is -3.61. The molecule has 3 heterocycles. The normalized spacial score (nSPS) is 11.9. The highest BCUT2D eigenvalue weighted by atomic mass is 16.2. The van der Waals surface area contributed by atoms with Crippen molar-refractivity contribution in [3.8, 4) is 0 Å². The van der Waals surface area contributed by atoms with Gasteiger partial charge in [-0.1, -0.05) is 59.7 Å². The van der Waals surface area contributed by atoms with Gasteiger partial charge in [-0.2, -0.15) is 0 Å². The molecule has 0 radical (unpaired) electrons. The molecule has 0 atom stereocenters. The van der Waals surface area contributed by atoms with Crippen molar-refractivity contribution in [1.29, 1.82) is 0 Å². The first-order chi connectivity index (χ1) is 16.4. The Balaban J connectivity index is 1.82. The van der Waals surface area contributed by atoms with Gasteiger partial charge in [0.1, 0.15) is 11.6 Å². The predicted octanol–water partition coefficient (Wildman–Crippen LogP) is 5.41. The van der Waals surface area contributed by atoms with Gasteiger partial charge in [0, 0.05) is 40.0 Å². The topological polar surface area (TPSA) is 96.9 Å². The van der Waals surface area contributed by atoms with Crippen molar-refractivity contribution in [3.05, 3.63) is 77.9 Å². The second-order valence-corrected chi connectivity index (χ2v) is 10.8. The molecule has 0 saturated heterocycles. The quantitative estimate of drug-likeness (QED) is 0.478. The third kappa shape index (κ3) is 7.70. The van der Waals surface area contributed by atoms with E-state index in [1.165, 1.54) is 0 Å². The minimum absolute atomic E-state index is 0.0123. The fourth-order valence-electron chi connectivity index (χ4n) is 3.34. The lowest BCUT2D eigenvalue weighted by molar-refractivity contribution is -0.123. The maximum absolute atomic E-state index is 12.4. The summed E-state index contributed by atoms with van der Waals surface area (Å²) in [6.07, 6.45) is 3.02. The zero-order valence-corrected chi connectivity index (χ0v) is 21.4. The number of carbonyl (C=O) groups excluding carboxylic acids is 2. The van der Waals surface area contributed by atoms with Crippen LogP contribution < -0.4 is 10.6 Å². The lowest BCUT2D eigenvalue weighted by Crippen LogP contribution is -2.28. The number of rotatable bonds is 7. The van der Waals surface area contributed by atoms with Gasteiger partial charge >= 0.3 is 0 Å². The second kappa shape index (κ2) is 10.8. The standard InChI is InChI=1S/C28H35N5O2/c1-27(2,3)25(34)32-23-14-9-11-20(30-23)17-19(22-13-7-8-16-29-22)18-21-12-10-15-24(31-21)33-26(35)28(4,5)6/h7-16,19H,17-18H2,1-6H3,(H,30,32,34)(H,31,33,35). The fraction of sp³-hybridized carbons (Fsp3) is 0.393. The summed E-state index contributed by atoms with van der Waals surface area (Å²) in [7, 11) is 0. The number of amides is 2. The van der Waals surface area contributed by atoms with Crippen LogP contribution in [0.25, 0.3) is 0 Å². The van der Waals surface area contributed by atoms with Gasteiger partial charge in [-0.3, -0.25) is 14.6 Å². The molecule has 0 aliphatic carbocycles. The molecule has 0 fully saturated rings. The molecule has 7 nitrogen and oxygen atoms in total. The van der Waals surface area contributed by atoms with Crippen LogP contribution in [0.2, 0.25) is 0 Å². The molecule has 0 aliphatic heterocycles. The summed E-state index contributed by atoms with van der Waals surface area (Å²) < 4.78 is 0. The van der Waals surface area contributed by atoms with Crippen molar-refractivity contribution in [2.75, 3.05) is 10.6 Å². The van der Waals surface area contributed by atoms with Crippen LogP contribution in [-0.2, 0) is 22.4 Å². The molecule has 0 spiro atoms. The van der Waals surface area contributed by atoms with Crippen molar-refractivity contribution < 1.29 is 9.59 Å². The van der Waals surface area contributed by atoms with Crippen LogP contribution in [0.5, 0.6) is 0 Å². The number of anilines is 2. The summed E-state index contributed by atoms with van der Waals surface area (Å²) >= 11 is 0. The van der Waals surface area contributed by atoms with Crippen molar-refractivity contribution in [3.63, 3.8) is 0 Å². The average Bonchev–Trinajstić information content (AvgIpc) is 2.78. The third-order valence-electron chi connectivity index (χ3n) is 5.48. The molecule has 2 amide bonds. The van der Waals surface area contributed by atoms with Gasteiger partial charge in [0.25, 0.3) is 0 Å². The van der Waals surface area contributed by atoms with Gasteiger partial charge in [-0.25, -0.2) is 9.97 Å². The summed E-state index contributed by atoms with van der Waals surface area (Å²) in [4.78, 5) is 38.7. The summed E-state index contributed by atoms with van der Waals surface area (Å²) in [6, 6.07) is 17.2. The van der Waals surface area contributed by atoms with Crippen LogP contribution in [-0.4, -0.2) is 26.8 Å². The second-order valence-electron chi connectivity index (χ2n) is 10.8. The molecule has 3 rings (SSSR count). The number of nitrogens with zero attached hydrogens (tertiary/aromatic N) is 3. The minimum Gasteiger partial charge on any atom is -0.310 e. The van der Waals surface area contributed by atoms with Crippen molar-refractivity contribution >= 4 is 23.5 Å². The highest BCUT2D eigenvalue weighted by Gasteiger charge is 2.23. The molecule has 7 heteroatoms. The zero-order chi connectivity index (χ0) is 25.6. The van der Waals surface area contributed by atoms with Crippen molar-refractivity contribution in [2.45, 2.75) is 60.3 Å². The summed E-state index contributed by atoms with van der Waals surface area (Å²) in [5, 5.41) is 5.81. The molecular weight excluding hydrogens is 438 g/mol. The Kier molecular flexibility index (Phi) is 7.99. The summed E-state index contributed by atoms with van der Waals surface area (Å²) in [5.74, 6) is 0.918. The summed E-state index contributed by atoms with van der Waals surface area (Å²) in [6.45, 7) is 11.2. The minimum atomic E-state index is -0.507. The van der Waals surface area contributed by atoms with E-state index in [1.54, 1.807) is 18.3 Å². The van der Waals surface area contributed by atoms with E-state index in [4.69, 9.17) is 0 Å². The molecular formula is C28H35N5O2. The van der Waals surface area contributed by atoms with Gasteiger partial charge in [-0.15, -0.1) is 0 Å². The van der Waals surface area contributed by atoms with Gasteiger partial charge in [-0.05, 0) is 49.2 Å². The van der Waals surface area contributed by atoms with Crippen molar-refractivity contribution in [1.82, 2.24) is 15.0 Å². The molecule has 2 N–H and O–H groups in total. The molecule has 0 unspecified atom stereocenters.